The first-order chi connectivity index (χ1) is 32.7. The summed E-state index contributed by atoms with van der Waals surface area (Å²) in [5.74, 6) is 1.82. The van der Waals surface area contributed by atoms with Crippen LogP contribution in [0.1, 0.15) is 0 Å². The molecule has 13 rings (SSSR count). The van der Waals surface area contributed by atoms with E-state index in [0.717, 1.165) is 55.7 Å². The van der Waals surface area contributed by atoms with Crippen molar-refractivity contribution in [1.29, 1.82) is 0 Å². The van der Waals surface area contributed by atoms with Crippen molar-refractivity contribution in [3.05, 3.63) is 231 Å². The van der Waals surface area contributed by atoms with Crippen LogP contribution in [0.4, 0.5) is 0 Å². The number of para-hydroxylation sites is 2. The number of fused-ring (bicyclic) bond motifs is 7. The van der Waals surface area contributed by atoms with Crippen molar-refractivity contribution in [2.75, 3.05) is 0 Å². The smallest absolute Gasteiger partial charge is 0.166 e. The van der Waals surface area contributed by atoms with Gasteiger partial charge in [-0.25, -0.2) is 15.0 Å². The van der Waals surface area contributed by atoms with Gasteiger partial charge in [-0.2, -0.15) is 0 Å². The van der Waals surface area contributed by atoms with Crippen LogP contribution in [0.15, 0.2) is 231 Å². The molecular formula is C61H38N4S. The van der Waals surface area contributed by atoms with Crippen molar-refractivity contribution in [3.8, 4) is 73.2 Å². The molecule has 10 aromatic carbocycles. The van der Waals surface area contributed by atoms with Gasteiger partial charge in [0.1, 0.15) is 0 Å². The Morgan fingerprint density at radius 3 is 1.65 bits per heavy atom. The van der Waals surface area contributed by atoms with Crippen molar-refractivity contribution in [1.82, 2.24) is 19.5 Å². The molecule has 0 unspecified atom stereocenters. The molecule has 0 fully saturated rings. The third kappa shape index (κ3) is 6.40. The maximum Gasteiger partial charge on any atom is 0.166 e. The molecular weight excluding hydrogens is 821 g/mol. The van der Waals surface area contributed by atoms with Crippen LogP contribution in [0.5, 0.6) is 0 Å². The lowest BCUT2D eigenvalue weighted by Gasteiger charge is -2.16. The van der Waals surface area contributed by atoms with E-state index in [1.807, 2.05) is 11.3 Å². The number of aromatic nitrogens is 4. The molecule has 0 N–H and O–H groups in total. The second-order valence-electron chi connectivity index (χ2n) is 16.7. The molecule has 0 aliphatic heterocycles. The standard InChI is InChI=1S/C61H38N4S/c1-2-15-39(16-3-1)43-35-36-53(56(38-43)65-54-28-9-6-22-49(54)50-23-7-10-29-55(50)65)61-63-59(42-33-31-41(32-34-42)47-25-13-18-40-17-4-5-21-46(40)47)62-60(64-61)45-20-12-19-44(37-45)48-26-14-27-52-51-24-8-11-30-57(51)66-58(48)52/h1-38H. The first-order valence-electron chi connectivity index (χ1n) is 22.3. The summed E-state index contributed by atoms with van der Waals surface area (Å²) in [6, 6.07) is 82.2. The van der Waals surface area contributed by atoms with Gasteiger partial charge in [-0.05, 0) is 80.6 Å². The Morgan fingerprint density at radius 2 is 0.848 bits per heavy atom. The van der Waals surface area contributed by atoms with Crippen LogP contribution in [0.3, 0.4) is 0 Å². The molecule has 0 aliphatic rings. The van der Waals surface area contributed by atoms with Crippen molar-refractivity contribution in [2.45, 2.75) is 0 Å². The molecule has 0 atom stereocenters. The Morgan fingerprint density at radius 1 is 0.303 bits per heavy atom. The molecule has 4 nitrogen and oxygen atoms in total. The largest absolute Gasteiger partial charge is 0.308 e. The normalized spacial score (nSPS) is 11.6. The first-order valence-corrected chi connectivity index (χ1v) is 23.1. The minimum atomic E-state index is 0.599. The Kier molecular flexibility index (Phi) is 9.00. The van der Waals surface area contributed by atoms with Crippen LogP contribution in [-0.2, 0) is 0 Å². The molecule has 308 valence electrons. The minimum absolute atomic E-state index is 0.599. The third-order valence-corrected chi connectivity index (χ3v) is 14.1. The van der Waals surface area contributed by atoms with Crippen LogP contribution in [0.2, 0.25) is 0 Å². The number of hydrogen-bond donors (Lipinski definition) is 0. The van der Waals surface area contributed by atoms with Crippen molar-refractivity contribution in [3.63, 3.8) is 0 Å². The fraction of sp³-hybridized carbons (Fsp3) is 0. The zero-order valence-corrected chi connectivity index (χ0v) is 36.5. The molecule has 66 heavy (non-hydrogen) atoms. The molecule has 3 aromatic heterocycles. The summed E-state index contributed by atoms with van der Waals surface area (Å²) >= 11 is 1.84. The predicted octanol–water partition coefficient (Wildman–Crippen LogP) is 16.5. The molecule has 0 spiro atoms. The molecule has 13 aromatic rings. The Labute approximate surface area is 385 Å². The minimum Gasteiger partial charge on any atom is -0.308 e. The van der Waals surface area contributed by atoms with E-state index in [9.17, 15) is 0 Å². The zero-order chi connectivity index (χ0) is 43.6. The average Bonchev–Trinajstić information content (AvgIpc) is 3.95. The quantitative estimate of drug-likeness (QED) is 0.160. The highest BCUT2D eigenvalue weighted by Crippen LogP contribution is 2.42. The van der Waals surface area contributed by atoms with E-state index < -0.39 is 0 Å². The summed E-state index contributed by atoms with van der Waals surface area (Å²) in [7, 11) is 0. The third-order valence-electron chi connectivity index (χ3n) is 12.9. The van der Waals surface area contributed by atoms with Gasteiger partial charge >= 0.3 is 0 Å². The van der Waals surface area contributed by atoms with E-state index in [2.05, 4.69) is 235 Å². The van der Waals surface area contributed by atoms with Crippen LogP contribution >= 0.6 is 11.3 Å². The Balaban J connectivity index is 1.03. The number of thiophene rings is 1. The van der Waals surface area contributed by atoms with E-state index in [4.69, 9.17) is 15.0 Å². The molecule has 0 aliphatic carbocycles. The Hall–Kier alpha value is -8.51. The number of hydrogen-bond acceptors (Lipinski definition) is 4. The number of rotatable bonds is 7. The van der Waals surface area contributed by atoms with Gasteiger partial charge in [0.2, 0.25) is 0 Å². The summed E-state index contributed by atoms with van der Waals surface area (Å²) in [6.07, 6.45) is 0. The SMILES string of the molecule is c1ccc(-c2ccc(-c3nc(-c4ccc(-c5cccc6ccccc56)cc4)nc(-c4cccc(-c5cccc6c5sc5ccccc56)c4)n3)c(-n3c4ccccc4c4ccccc43)c2)cc1. The second-order valence-corrected chi connectivity index (χ2v) is 17.8. The van der Waals surface area contributed by atoms with Gasteiger partial charge in [-0.3, -0.25) is 0 Å². The van der Waals surface area contributed by atoms with E-state index in [0.29, 0.717) is 17.5 Å². The fourth-order valence-electron chi connectivity index (χ4n) is 9.73. The maximum atomic E-state index is 5.43. The monoisotopic (exact) mass is 858 g/mol. The van der Waals surface area contributed by atoms with E-state index in [1.54, 1.807) is 0 Å². The highest BCUT2D eigenvalue weighted by Gasteiger charge is 2.21. The summed E-state index contributed by atoms with van der Waals surface area (Å²) in [6.45, 7) is 0. The van der Waals surface area contributed by atoms with Crippen LogP contribution in [0, 0.1) is 0 Å². The molecule has 3 heterocycles. The van der Waals surface area contributed by atoms with Gasteiger partial charge in [-0.1, -0.05) is 194 Å². The van der Waals surface area contributed by atoms with Crippen molar-refractivity contribution < 1.29 is 0 Å². The highest BCUT2D eigenvalue weighted by molar-refractivity contribution is 7.26. The summed E-state index contributed by atoms with van der Waals surface area (Å²) in [5, 5.41) is 7.38. The summed E-state index contributed by atoms with van der Waals surface area (Å²) in [4.78, 5) is 16.1. The molecule has 5 heteroatoms. The van der Waals surface area contributed by atoms with Gasteiger partial charge in [-0.15, -0.1) is 11.3 Å². The van der Waals surface area contributed by atoms with Crippen molar-refractivity contribution >= 4 is 64.1 Å². The van der Waals surface area contributed by atoms with Crippen LogP contribution < -0.4 is 0 Å². The molecule has 0 radical (unpaired) electrons. The predicted molar refractivity (Wildman–Crippen MR) is 277 cm³/mol. The first kappa shape index (κ1) is 38.0. The lowest BCUT2D eigenvalue weighted by molar-refractivity contribution is 1.06. The van der Waals surface area contributed by atoms with E-state index in [-0.39, 0.29) is 0 Å². The number of nitrogens with zero attached hydrogens (tertiary/aromatic N) is 4. The molecule has 0 saturated carbocycles. The van der Waals surface area contributed by atoms with Gasteiger partial charge in [0.15, 0.2) is 17.5 Å². The molecule has 0 amide bonds. The van der Waals surface area contributed by atoms with Crippen molar-refractivity contribution in [2.24, 2.45) is 0 Å². The maximum absolute atomic E-state index is 5.43. The zero-order valence-electron chi connectivity index (χ0n) is 35.6. The molecule has 0 bridgehead atoms. The van der Waals surface area contributed by atoms with Gasteiger partial charge in [0, 0.05) is 47.6 Å². The van der Waals surface area contributed by atoms with Crippen LogP contribution in [-0.4, -0.2) is 19.5 Å². The molecule has 0 saturated heterocycles. The Bertz CT molecular complexity index is 3940. The van der Waals surface area contributed by atoms with Gasteiger partial charge < -0.3 is 4.57 Å². The van der Waals surface area contributed by atoms with E-state index >= 15 is 0 Å². The van der Waals surface area contributed by atoms with E-state index in [1.165, 1.54) is 52.8 Å². The summed E-state index contributed by atoms with van der Waals surface area (Å²) < 4.78 is 4.93. The lowest BCUT2D eigenvalue weighted by Crippen LogP contribution is -2.04. The summed E-state index contributed by atoms with van der Waals surface area (Å²) in [5.41, 5.74) is 12.9. The average molecular weight is 859 g/mol. The second kappa shape index (κ2) is 15.6. The van der Waals surface area contributed by atoms with Crippen LogP contribution in [0.25, 0.3) is 126 Å². The fourth-order valence-corrected chi connectivity index (χ4v) is 11.0. The topological polar surface area (TPSA) is 43.6 Å². The number of benzene rings is 10. The van der Waals surface area contributed by atoms with Gasteiger partial charge in [0.25, 0.3) is 0 Å². The highest BCUT2D eigenvalue weighted by atomic mass is 32.1. The lowest BCUT2D eigenvalue weighted by atomic mass is 9.97. The van der Waals surface area contributed by atoms with Gasteiger partial charge in [0.05, 0.1) is 16.7 Å².